The van der Waals surface area contributed by atoms with Gasteiger partial charge in [-0.15, -0.1) is 6.58 Å². The summed E-state index contributed by atoms with van der Waals surface area (Å²) in [6.45, 7) is 6.13. The molecule has 4 nitrogen and oxygen atoms in total. The Labute approximate surface area is 90.7 Å². The molecule has 1 rings (SSSR count). The third-order valence-electron chi connectivity index (χ3n) is 3.16. The largest absolute Gasteiger partial charge is 0.396 e. The number of nitrogens with one attached hydrogen (secondary N) is 2. The van der Waals surface area contributed by atoms with E-state index >= 15 is 0 Å². The van der Waals surface area contributed by atoms with Gasteiger partial charge in [0.2, 0.25) is 0 Å². The lowest BCUT2D eigenvalue weighted by Gasteiger charge is -2.29. The van der Waals surface area contributed by atoms with Crippen molar-refractivity contribution in [3.8, 4) is 0 Å². The van der Waals surface area contributed by atoms with Crippen LogP contribution in [0.5, 0.6) is 0 Å². The van der Waals surface area contributed by atoms with E-state index < -0.39 is 0 Å². The van der Waals surface area contributed by atoms with Crippen molar-refractivity contribution in [3.05, 3.63) is 12.7 Å². The van der Waals surface area contributed by atoms with E-state index in [0.717, 1.165) is 19.3 Å². The zero-order chi connectivity index (χ0) is 11.3. The summed E-state index contributed by atoms with van der Waals surface area (Å²) < 4.78 is 0. The lowest BCUT2D eigenvalue weighted by molar-refractivity contribution is 0.121. The van der Waals surface area contributed by atoms with Crippen LogP contribution in [0.2, 0.25) is 0 Å². The molecule has 0 radical (unpaired) electrons. The topological polar surface area (TPSA) is 61.4 Å². The number of amides is 2. The van der Waals surface area contributed by atoms with Crippen LogP contribution in [0.1, 0.15) is 26.2 Å². The Morgan fingerprint density at radius 1 is 1.73 bits per heavy atom. The molecule has 0 aromatic carbocycles. The summed E-state index contributed by atoms with van der Waals surface area (Å²) in [5.74, 6) is 0. The number of urea groups is 1. The van der Waals surface area contributed by atoms with Crippen LogP contribution in [0.25, 0.3) is 0 Å². The van der Waals surface area contributed by atoms with Gasteiger partial charge in [0.1, 0.15) is 0 Å². The first-order valence-electron chi connectivity index (χ1n) is 5.38. The van der Waals surface area contributed by atoms with Gasteiger partial charge in [0.05, 0.1) is 6.61 Å². The molecule has 0 unspecified atom stereocenters. The first-order valence-corrected chi connectivity index (χ1v) is 5.38. The highest BCUT2D eigenvalue weighted by molar-refractivity contribution is 5.74. The second kappa shape index (κ2) is 5.16. The van der Waals surface area contributed by atoms with E-state index in [4.69, 9.17) is 0 Å². The third-order valence-corrected chi connectivity index (χ3v) is 3.16. The summed E-state index contributed by atoms with van der Waals surface area (Å²) in [6.07, 6.45) is 4.61. The Balaban J connectivity index is 2.43. The van der Waals surface area contributed by atoms with Gasteiger partial charge in [0.25, 0.3) is 0 Å². The average molecular weight is 212 g/mol. The highest BCUT2D eigenvalue weighted by Gasteiger charge is 2.38. The minimum absolute atomic E-state index is 0.0762. The summed E-state index contributed by atoms with van der Waals surface area (Å²) in [5.41, 5.74) is -0.161. The zero-order valence-corrected chi connectivity index (χ0v) is 9.25. The van der Waals surface area contributed by atoms with Gasteiger partial charge >= 0.3 is 6.03 Å². The fourth-order valence-electron chi connectivity index (χ4n) is 2.04. The summed E-state index contributed by atoms with van der Waals surface area (Å²) in [4.78, 5) is 11.4. The summed E-state index contributed by atoms with van der Waals surface area (Å²) in [5, 5.41) is 14.9. The van der Waals surface area contributed by atoms with Crippen LogP contribution in [-0.2, 0) is 0 Å². The molecule has 2 atom stereocenters. The van der Waals surface area contributed by atoms with E-state index in [1.807, 2.05) is 6.92 Å². The molecule has 0 spiro atoms. The number of rotatable bonds is 4. The molecule has 86 valence electrons. The molecule has 0 aliphatic heterocycles. The third kappa shape index (κ3) is 2.96. The van der Waals surface area contributed by atoms with Gasteiger partial charge in [-0.3, -0.25) is 0 Å². The van der Waals surface area contributed by atoms with Gasteiger partial charge < -0.3 is 15.7 Å². The molecule has 4 heteroatoms. The van der Waals surface area contributed by atoms with Crippen molar-refractivity contribution in [2.75, 3.05) is 13.2 Å². The molecule has 1 fully saturated rings. The number of aliphatic hydroxyl groups is 1. The average Bonchev–Trinajstić information content (AvgIpc) is 2.58. The van der Waals surface area contributed by atoms with Crippen LogP contribution in [-0.4, -0.2) is 30.3 Å². The van der Waals surface area contributed by atoms with Crippen molar-refractivity contribution in [2.24, 2.45) is 5.41 Å². The van der Waals surface area contributed by atoms with Gasteiger partial charge in [0.15, 0.2) is 0 Å². The molecule has 0 saturated heterocycles. The number of aliphatic hydroxyl groups excluding tert-OH is 1. The Morgan fingerprint density at radius 2 is 2.47 bits per heavy atom. The van der Waals surface area contributed by atoms with Crippen molar-refractivity contribution in [1.82, 2.24) is 10.6 Å². The lowest BCUT2D eigenvalue weighted by atomic mass is 9.86. The molecule has 1 saturated carbocycles. The van der Waals surface area contributed by atoms with Gasteiger partial charge in [-0.05, 0) is 12.8 Å². The molecular weight excluding hydrogens is 192 g/mol. The molecule has 1 aliphatic carbocycles. The predicted octanol–water partition coefficient (Wildman–Crippen LogP) is 1.02. The molecule has 1 aliphatic rings. The van der Waals surface area contributed by atoms with Gasteiger partial charge in [-0.1, -0.05) is 19.4 Å². The minimum Gasteiger partial charge on any atom is -0.396 e. The number of hydrogen-bond acceptors (Lipinski definition) is 2. The van der Waals surface area contributed by atoms with E-state index in [2.05, 4.69) is 17.2 Å². The minimum atomic E-state index is -0.179. The second-order valence-corrected chi connectivity index (χ2v) is 4.40. The quantitative estimate of drug-likeness (QED) is 0.609. The van der Waals surface area contributed by atoms with Gasteiger partial charge in [-0.25, -0.2) is 4.79 Å². The summed E-state index contributed by atoms with van der Waals surface area (Å²) in [7, 11) is 0. The van der Waals surface area contributed by atoms with Crippen molar-refractivity contribution >= 4 is 6.03 Å². The van der Waals surface area contributed by atoms with E-state index in [9.17, 15) is 9.90 Å². The fraction of sp³-hybridized carbons (Fsp3) is 0.727. The first-order chi connectivity index (χ1) is 7.12. The molecule has 0 bridgehead atoms. The summed E-state index contributed by atoms with van der Waals surface area (Å²) >= 11 is 0. The maximum atomic E-state index is 11.4. The first kappa shape index (κ1) is 12.0. The Kier molecular flexibility index (Phi) is 4.15. The fourth-order valence-corrected chi connectivity index (χ4v) is 2.04. The van der Waals surface area contributed by atoms with Crippen LogP contribution >= 0.6 is 0 Å². The van der Waals surface area contributed by atoms with Crippen molar-refractivity contribution < 1.29 is 9.90 Å². The molecule has 15 heavy (non-hydrogen) atoms. The zero-order valence-electron chi connectivity index (χ0n) is 9.25. The van der Waals surface area contributed by atoms with Crippen LogP contribution in [0.3, 0.4) is 0 Å². The SMILES string of the molecule is C=CCNC(=O)N[C@@H]1CCC[C@]1(C)CO. The number of carbonyl (C=O) groups excluding carboxylic acids is 1. The molecular formula is C11H20N2O2. The van der Waals surface area contributed by atoms with Gasteiger partial charge in [0, 0.05) is 18.0 Å². The van der Waals surface area contributed by atoms with E-state index in [1.165, 1.54) is 0 Å². The molecule has 2 amide bonds. The Morgan fingerprint density at radius 3 is 3.07 bits per heavy atom. The molecule has 3 N–H and O–H groups in total. The van der Waals surface area contributed by atoms with Crippen molar-refractivity contribution in [3.63, 3.8) is 0 Å². The highest BCUT2D eigenvalue weighted by atomic mass is 16.3. The predicted molar refractivity (Wildman–Crippen MR) is 59.6 cm³/mol. The molecule has 0 aromatic rings. The van der Waals surface area contributed by atoms with E-state index in [0.29, 0.717) is 6.54 Å². The number of carbonyl (C=O) groups is 1. The van der Waals surface area contributed by atoms with Crippen LogP contribution < -0.4 is 10.6 Å². The molecule has 0 heterocycles. The van der Waals surface area contributed by atoms with Crippen LogP contribution in [0, 0.1) is 5.41 Å². The smallest absolute Gasteiger partial charge is 0.315 e. The van der Waals surface area contributed by atoms with Gasteiger partial charge in [-0.2, -0.15) is 0 Å². The lowest BCUT2D eigenvalue weighted by Crippen LogP contribution is -2.48. The monoisotopic (exact) mass is 212 g/mol. The Bertz CT molecular complexity index is 243. The van der Waals surface area contributed by atoms with E-state index in [1.54, 1.807) is 6.08 Å². The maximum absolute atomic E-state index is 11.4. The van der Waals surface area contributed by atoms with Crippen LogP contribution in [0.4, 0.5) is 4.79 Å². The maximum Gasteiger partial charge on any atom is 0.315 e. The van der Waals surface area contributed by atoms with Crippen LogP contribution in [0.15, 0.2) is 12.7 Å². The molecule has 0 aromatic heterocycles. The standard InChI is InChI=1S/C11H20N2O2/c1-3-7-12-10(15)13-9-5-4-6-11(9,2)8-14/h3,9,14H,1,4-8H2,2H3,(H2,12,13,15)/t9-,11-/m1/s1. The van der Waals surface area contributed by atoms with Crippen molar-refractivity contribution in [1.29, 1.82) is 0 Å². The van der Waals surface area contributed by atoms with E-state index in [-0.39, 0.29) is 24.1 Å². The summed E-state index contributed by atoms with van der Waals surface area (Å²) in [6, 6.07) is -0.103. The van der Waals surface area contributed by atoms with Crippen molar-refractivity contribution in [2.45, 2.75) is 32.2 Å². The normalized spacial score (nSPS) is 29.9. The number of hydrogen-bond donors (Lipinski definition) is 3. The second-order valence-electron chi connectivity index (χ2n) is 4.40. The Hall–Kier alpha value is -1.03. The highest BCUT2D eigenvalue weighted by Crippen LogP contribution is 2.37.